The van der Waals surface area contributed by atoms with Gasteiger partial charge in [0, 0.05) is 18.1 Å². The molecular formula is C16H31N3O3. The van der Waals surface area contributed by atoms with E-state index < -0.39 is 5.97 Å². The highest BCUT2D eigenvalue weighted by Crippen LogP contribution is 2.25. The summed E-state index contributed by atoms with van der Waals surface area (Å²) in [6.07, 6.45) is 2.57. The molecule has 6 heteroatoms. The molecule has 0 saturated heterocycles. The lowest BCUT2D eigenvalue weighted by molar-refractivity contribution is -0.139. The zero-order chi connectivity index (χ0) is 16.9. The molecule has 3 N–H and O–H groups in total. The summed E-state index contributed by atoms with van der Waals surface area (Å²) in [6, 6.07) is 0.421. The number of rotatable bonds is 7. The maximum atomic E-state index is 11.9. The van der Waals surface area contributed by atoms with E-state index in [-0.39, 0.29) is 36.1 Å². The van der Waals surface area contributed by atoms with Crippen molar-refractivity contribution in [2.75, 3.05) is 13.1 Å². The van der Waals surface area contributed by atoms with Gasteiger partial charge in [0.1, 0.15) is 0 Å². The fourth-order valence-corrected chi connectivity index (χ4v) is 3.10. The number of carboxylic acid groups (broad SMARTS) is 1. The Morgan fingerprint density at radius 2 is 1.91 bits per heavy atom. The Balaban J connectivity index is 2.27. The van der Waals surface area contributed by atoms with Gasteiger partial charge >= 0.3 is 12.0 Å². The number of likely N-dealkylation sites (N-methyl/N-ethyl adjacent to an activating group) is 1. The SMILES string of the molecule is CCN(CC(=O)O)C1CC(NC(=O)NC(C)CC(C)(C)C)C1. The van der Waals surface area contributed by atoms with Crippen molar-refractivity contribution in [3.8, 4) is 0 Å². The van der Waals surface area contributed by atoms with E-state index in [0.29, 0.717) is 0 Å². The second kappa shape index (κ2) is 7.81. The zero-order valence-electron chi connectivity index (χ0n) is 14.5. The lowest BCUT2D eigenvalue weighted by Crippen LogP contribution is -2.57. The second-order valence-corrected chi connectivity index (χ2v) is 7.56. The van der Waals surface area contributed by atoms with Crippen LogP contribution >= 0.6 is 0 Å². The van der Waals surface area contributed by atoms with Gasteiger partial charge in [0.2, 0.25) is 0 Å². The average Bonchev–Trinajstić information content (AvgIpc) is 2.27. The summed E-state index contributed by atoms with van der Waals surface area (Å²) in [5.41, 5.74) is 0.187. The van der Waals surface area contributed by atoms with Gasteiger partial charge in [-0.25, -0.2) is 4.79 Å². The van der Waals surface area contributed by atoms with E-state index in [1.54, 1.807) is 0 Å². The van der Waals surface area contributed by atoms with Crippen molar-refractivity contribution in [3.05, 3.63) is 0 Å². The van der Waals surface area contributed by atoms with Crippen molar-refractivity contribution in [1.29, 1.82) is 0 Å². The summed E-state index contributed by atoms with van der Waals surface area (Å²) in [5.74, 6) is -0.799. The number of nitrogens with one attached hydrogen (secondary N) is 2. The van der Waals surface area contributed by atoms with Crippen molar-refractivity contribution in [1.82, 2.24) is 15.5 Å². The van der Waals surface area contributed by atoms with Gasteiger partial charge in [0.25, 0.3) is 0 Å². The number of aliphatic carboxylic acids is 1. The van der Waals surface area contributed by atoms with Gasteiger partial charge in [-0.2, -0.15) is 0 Å². The Hall–Kier alpha value is -1.30. The minimum Gasteiger partial charge on any atom is -0.480 e. The maximum Gasteiger partial charge on any atom is 0.317 e. The van der Waals surface area contributed by atoms with Crippen LogP contribution in [0.25, 0.3) is 0 Å². The molecule has 2 amide bonds. The summed E-state index contributed by atoms with van der Waals surface area (Å²) in [4.78, 5) is 24.7. The number of carboxylic acids is 1. The van der Waals surface area contributed by atoms with E-state index in [1.807, 2.05) is 18.7 Å². The van der Waals surface area contributed by atoms with E-state index in [9.17, 15) is 9.59 Å². The number of carbonyl (C=O) groups excluding carboxylic acids is 1. The first-order chi connectivity index (χ1) is 10.1. The molecule has 0 aromatic heterocycles. The number of carbonyl (C=O) groups is 2. The van der Waals surface area contributed by atoms with E-state index >= 15 is 0 Å². The minimum absolute atomic E-state index is 0.0721. The number of amides is 2. The highest BCUT2D eigenvalue weighted by Gasteiger charge is 2.34. The molecule has 1 aliphatic carbocycles. The fourth-order valence-electron chi connectivity index (χ4n) is 3.10. The molecule has 1 atom stereocenters. The predicted molar refractivity (Wildman–Crippen MR) is 86.9 cm³/mol. The Morgan fingerprint density at radius 3 is 2.36 bits per heavy atom. The first-order valence-electron chi connectivity index (χ1n) is 8.13. The monoisotopic (exact) mass is 313 g/mol. The van der Waals surface area contributed by atoms with Crippen molar-refractivity contribution in [2.24, 2.45) is 5.41 Å². The Bertz CT molecular complexity index is 387. The lowest BCUT2D eigenvalue weighted by Gasteiger charge is -2.42. The van der Waals surface area contributed by atoms with E-state index in [1.165, 1.54) is 0 Å². The van der Waals surface area contributed by atoms with Gasteiger partial charge in [-0.15, -0.1) is 0 Å². The third-order valence-electron chi connectivity index (χ3n) is 4.01. The standard InChI is InChI=1S/C16H31N3O3/c1-6-19(10-14(20)21)13-7-12(8-13)18-15(22)17-11(2)9-16(3,4)5/h11-13H,6-10H2,1-5H3,(H,20,21)(H2,17,18,22). The molecule has 0 radical (unpaired) electrons. The van der Waals surface area contributed by atoms with Crippen LogP contribution < -0.4 is 10.6 Å². The van der Waals surface area contributed by atoms with Crippen LogP contribution in [-0.2, 0) is 4.79 Å². The Kier molecular flexibility index (Phi) is 6.66. The molecule has 0 spiro atoms. The zero-order valence-corrected chi connectivity index (χ0v) is 14.5. The van der Waals surface area contributed by atoms with Gasteiger partial charge < -0.3 is 15.7 Å². The molecule has 1 fully saturated rings. The highest BCUT2D eigenvalue weighted by atomic mass is 16.4. The predicted octanol–water partition coefficient (Wildman–Crippen LogP) is 2.05. The third-order valence-corrected chi connectivity index (χ3v) is 4.01. The average molecular weight is 313 g/mol. The summed E-state index contributed by atoms with van der Waals surface area (Å²) >= 11 is 0. The van der Waals surface area contributed by atoms with Crippen molar-refractivity contribution < 1.29 is 14.7 Å². The molecule has 128 valence electrons. The molecule has 22 heavy (non-hydrogen) atoms. The van der Waals surface area contributed by atoms with Gasteiger partial charge in [-0.05, 0) is 38.1 Å². The summed E-state index contributed by atoms with van der Waals surface area (Å²) < 4.78 is 0. The van der Waals surface area contributed by atoms with E-state index in [0.717, 1.165) is 25.8 Å². The largest absolute Gasteiger partial charge is 0.480 e. The first-order valence-corrected chi connectivity index (χ1v) is 8.13. The van der Waals surface area contributed by atoms with Crippen LogP contribution in [0.1, 0.15) is 53.9 Å². The van der Waals surface area contributed by atoms with E-state index in [2.05, 4.69) is 31.4 Å². The molecule has 0 aromatic rings. The highest BCUT2D eigenvalue weighted by molar-refractivity contribution is 5.74. The fraction of sp³-hybridized carbons (Fsp3) is 0.875. The molecule has 0 heterocycles. The summed E-state index contributed by atoms with van der Waals surface area (Å²) in [6.45, 7) is 11.2. The van der Waals surface area contributed by atoms with E-state index in [4.69, 9.17) is 5.11 Å². The minimum atomic E-state index is -0.799. The van der Waals surface area contributed by atoms with Gasteiger partial charge in [-0.1, -0.05) is 27.7 Å². The smallest absolute Gasteiger partial charge is 0.317 e. The number of urea groups is 1. The molecule has 0 aliphatic heterocycles. The van der Waals surface area contributed by atoms with Crippen LogP contribution in [0.15, 0.2) is 0 Å². The van der Waals surface area contributed by atoms with Crippen molar-refractivity contribution in [2.45, 2.75) is 72.0 Å². The topological polar surface area (TPSA) is 81.7 Å². The number of hydrogen-bond acceptors (Lipinski definition) is 3. The van der Waals surface area contributed by atoms with Crippen molar-refractivity contribution >= 4 is 12.0 Å². The number of hydrogen-bond donors (Lipinski definition) is 3. The van der Waals surface area contributed by atoms with Gasteiger partial charge in [0.05, 0.1) is 6.54 Å². The quantitative estimate of drug-likeness (QED) is 0.672. The van der Waals surface area contributed by atoms with Gasteiger partial charge in [0.15, 0.2) is 0 Å². The number of nitrogens with zero attached hydrogens (tertiary/aromatic N) is 1. The summed E-state index contributed by atoms with van der Waals surface area (Å²) in [5, 5.41) is 14.8. The normalized spacial score (nSPS) is 22.8. The molecule has 1 rings (SSSR count). The summed E-state index contributed by atoms with van der Waals surface area (Å²) in [7, 11) is 0. The van der Waals surface area contributed by atoms with Crippen LogP contribution in [0, 0.1) is 5.41 Å². The van der Waals surface area contributed by atoms with Crippen LogP contribution in [0.3, 0.4) is 0 Å². The molecule has 0 bridgehead atoms. The van der Waals surface area contributed by atoms with Crippen molar-refractivity contribution in [3.63, 3.8) is 0 Å². The molecule has 6 nitrogen and oxygen atoms in total. The van der Waals surface area contributed by atoms with Crippen LogP contribution in [0.2, 0.25) is 0 Å². The molecular weight excluding hydrogens is 282 g/mol. The maximum absolute atomic E-state index is 11.9. The lowest BCUT2D eigenvalue weighted by atomic mass is 9.85. The van der Waals surface area contributed by atoms with Crippen LogP contribution in [0.5, 0.6) is 0 Å². The van der Waals surface area contributed by atoms with Crippen LogP contribution in [-0.4, -0.2) is 53.2 Å². The first kappa shape index (κ1) is 18.7. The molecule has 1 saturated carbocycles. The second-order valence-electron chi connectivity index (χ2n) is 7.56. The molecule has 1 unspecified atom stereocenters. The third kappa shape index (κ3) is 6.64. The molecule has 0 aromatic carbocycles. The van der Waals surface area contributed by atoms with Crippen LogP contribution in [0.4, 0.5) is 4.79 Å². The molecule has 1 aliphatic rings. The van der Waals surface area contributed by atoms with Gasteiger partial charge in [-0.3, -0.25) is 9.69 Å². The Morgan fingerprint density at radius 1 is 1.32 bits per heavy atom. The Labute approximate surface area is 133 Å².